The van der Waals surface area contributed by atoms with Crippen LogP contribution in [0.5, 0.6) is 0 Å². The molecule has 1 N–H and O–H groups in total. The van der Waals surface area contributed by atoms with Crippen molar-refractivity contribution in [2.45, 2.75) is 6.54 Å². The molecule has 2 aromatic heterocycles. The van der Waals surface area contributed by atoms with Gasteiger partial charge in [0.15, 0.2) is 11.0 Å². The Labute approximate surface area is 132 Å². The highest BCUT2D eigenvalue weighted by atomic mass is 79.9. The van der Waals surface area contributed by atoms with E-state index >= 15 is 0 Å². The molecule has 1 aromatic carbocycles. The summed E-state index contributed by atoms with van der Waals surface area (Å²) in [5.74, 6) is 0.312. The summed E-state index contributed by atoms with van der Waals surface area (Å²) in [6, 6.07) is 7.55. The van der Waals surface area contributed by atoms with Gasteiger partial charge >= 0.3 is 0 Å². The lowest BCUT2D eigenvalue weighted by Crippen LogP contribution is -2.20. The summed E-state index contributed by atoms with van der Waals surface area (Å²) in [5, 5.41) is 16.5. The Kier molecular flexibility index (Phi) is 4.02. The minimum absolute atomic E-state index is 0.0258. The monoisotopic (exact) mass is 364 g/mol. The van der Waals surface area contributed by atoms with E-state index in [-0.39, 0.29) is 12.5 Å². The molecule has 0 aliphatic heterocycles. The van der Waals surface area contributed by atoms with Crippen LogP contribution in [0.4, 0.5) is 5.13 Å². The third-order valence-electron chi connectivity index (χ3n) is 2.61. The maximum atomic E-state index is 11.9. The van der Waals surface area contributed by atoms with E-state index in [2.05, 4.69) is 41.8 Å². The molecule has 0 spiro atoms. The van der Waals surface area contributed by atoms with Gasteiger partial charge in [-0.05, 0) is 22.6 Å². The molecule has 0 aliphatic carbocycles. The zero-order chi connectivity index (χ0) is 14.7. The highest BCUT2D eigenvalue weighted by molar-refractivity contribution is 9.10. The molecular formula is C12H9BrN6OS. The predicted octanol–water partition coefficient (Wildman–Crippen LogP) is 2.20. The Balaban J connectivity index is 1.76. The summed E-state index contributed by atoms with van der Waals surface area (Å²) in [4.78, 5) is 15.9. The van der Waals surface area contributed by atoms with Gasteiger partial charge in [-0.2, -0.15) is 0 Å². The molecule has 0 unspecified atom stereocenters. The number of rotatable bonds is 4. The largest absolute Gasteiger partial charge is 0.300 e. The number of amides is 1. The Bertz CT molecular complexity index is 739. The van der Waals surface area contributed by atoms with E-state index in [0.29, 0.717) is 11.0 Å². The van der Waals surface area contributed by atoms with Gasteiger partial charge in [0, 0.05) is 21.6 Å². The van der Waals surface area contributed by atoms with Crippen LogP contribution < -0.4 is 5.32 Å². The minimum Gasteiger partial charge on any atom is -0.300 e. The normalized spacial score (nSPS) is 10.5. The van der Waals surface area contributed by atoms with E-state index in [0.717, 1.165) is 10.0 Å². The van der Waals surface area contributed by atoms with Gasteiger partial charge in [-0.1, -0.05) is 28.1 Å². The van der Waals surface area contributed by atoms with Gasteiger partial charge in [-0.15, -0.1) is 16.4 Å². The molecule has 0 fully saturated rings. The molecule has 21 heavy (non-hydrogen) atoms. The number of nitrogens with one attached hydrogen (secondary N) is 1. The number of hydrogen-bond donors (Lipinski definition) is 1. The summed E-state index contributed by atoms with van der Waals surface area (Å²) in [7, 11) is 0. The quantitative estimate of drug-likeness (QED) is 0.766. The number of tetrazole rings is 1. The first-order chi connectivity index (χ1) is 10.2. The summed E-state index contributed by atoms with van der Waals surface area (Å²) >= 11 is 4.73. The molecule has 7 nitrogen and oxygen atoms in total. The number of benzene rings is 1. The number of halogens is 1. The summed E-state index contributed by atoms with van der Waals surface area (Å²) in [6.07, 6.45) is 1.63. The molecule has 3 aromatic rings. The lowest BCUT2D eigenvalue weighted by molar-refractivity contribution is -0.116. The topological polar surface area (TPSA) is 85.6 Å². The van der Waals surface area contributed by atoms with Crippen molar-refractivity contribution in [3.8, 4) is 11.4 Å². The van der Waals surface area contributed by atoms with Gasteiger partial charge in [0.1, 0.15) is 6.54 Å². The molecule has 3 rings (SSSR count). The average molecular weight is 365 g/mol. The summed E-state index contributed by atoms with van der Waals surface area (Å²) < 4.78 is 2.42. The molecule has 0 radical (unpaired) electrons. The van der Waals surface area contributed by atoms with Gasteiger partial charge in [-0.25, -0.2) is 9.67 Å². The number of hydrogen-bond acceptors (Lipinski definition) is 6. The van der Waals surface area contributed by atoms with Gasteiger partial charge in [-0.3, -0.25) is 4.79 Å². The van der Waals surface area contributed by atoms with E-state index in [1.165, 1.54) is 16.0 Å². The van der Waals surface area contributed by atoms with E-state index in [1.807, 2.05) is 24.3 Å². The second-order valence-electron chi connectivity index (χ2n) is 4.05. The lowest BCUT2D eigenvalue weighted by Gasteiger charge is -2.04. The number of aromatic nitrogens is 5. The first kappa shape index (κ1) is 13.8. The zero-order valence-corrected chi connectivity index (χ0v) is 13.0. The standard InChI is InChI=1S/C12H9BrN6OS/c13-9-3-1-8(2-4-9)11-16-17-18-19(11)7-10(20)15-12-14-5-6-21-12/h1-6H,7H2,(H,14,15,20). The van der Waals surface area contributed by atoms with Gasteiger partial charge in [0.2, 0.25) is 5.91 Å². The molecular weight excluding hydrogens is 356 g/mol. The van der Waals surface area contributed by atoms with Crippen LogP contribution in [-0.2, 0) is 11.3 Å². The van der Waals surface area contributed by atoms with E-state index in [4.69, 9.17) is 0 Å². The maximum absolute atomic E-state index is 11.9. The summed E-state index contributed by atoms with van der Waals surface area (Å²) in [6.45, 7) is 0.0258. The third-order valence-corrected chi connectivity index (χ3v) is 3.82. The molecule has 0 atom stereocenters. The van der Waals surface area contributed by atoms with Crippen molar-refractivity contribution < 1.29 is 4.79 Å². The first-order valence-electron chi connectivity index (χ1n) is 5.94. The molecule has 0 bridgehead atoms. The van der Waals surface area contributed by atoms with Crippen LogP contribution in [0.25, 0.3) is 11.4 Å². The van der Waals surface area contributed by atoms with Crippen molar-refractivity contribution in [1.29, 1.82) is 0 Å². The minimum atomic E-state index is -0.226. The lowest BCUT2D eigenvalue weighted by atomic mass is 10.2. The van der Waals surface area contributed by atoms with Crippen LogP contribution in [0.15, 0.2) is 40.3 Å². The SMILES string of the molecule is O=C(Cn1nnnc1-c1ccc(Br)cc1)Nc1nccs1. The van der Waals surface area contributed by atoms with Crippen LogP contribution in [0.3, 0.4) is 0 Å². The molecule has 0 saturated carbocycles. The average Bonchev–Trinajstić information content (AvgIpc) is 3.11. The van der Waals surface area contributed by atoms with Crippen LogP contribution in [0.2, 0.25) is 0 Å². The fourth-order valence-electron chi connectivity index (χ4n) is 1.70. The second kappa shape index (κ2) is 6.10. The van der Waals surface area contributed by atoms with E-state index < -0.39 is 0 Å². The Morgan fingerprint density at radius 1 is 1.33 bits per heavy atom. The Morgan fingerprint density at radius 3 is 2.86 bits per heavy atom. The molecule has 0 saturated heterocycles. The number of nitrogens with zero attached hydrogens (tertiary/aromatic N) is 5. The van der Waals surface area contributed by atoms with Crippen molar-refractivity contribution in [3.63, 3.8) is 0 Å². The van der Waals surface area contributed by atoms with Crippen molar-refractivity contribution in [1.82, 2.24) is 25.2 Å². The number of thiazole rings is 1. The van der Waals surface area contributed by atoms with E-state index in [9.17, 15) is 4.79 Å². The number of carbonyl (C=O) groups excluding carboxylic acids is 1. The van der Waals surface area contributed by atoms with Crippen LogP contribution >= 0.6 is 27.3 Å². The fourth-order valence-corrected chi connectivity index (χ4v) is 2.51. The Morgan fingerprint density at radius 2 is 2.14 bits per heavy atom. The van der Waals surface area contributed by atoms with Crippen molar-refractivity contribution in [2.75, 3.05) is 5.32 Å². The molecule has 1 amide bonds. The highest BCUT2D eigenvalue weighted by Gasteiger charge is 2.13. The summed E-state index contributed by atoms with van der Waals surface area (Å²) in [5.41, 5.74) is 0.838. The number of anilines is 1. The van der Waals surface area contributed by atoms with Crippen molar-refractivity contribution >= 4 is 38.3 Å². The molecule has 0 aliphatic rings. The second-order valence-corrected chi connectivity index (χ2v) is 5.86. The van der Waals surface area contributed by atoms with Gasteiger partial charge in [0.05, 0.1) is 0 Å². The molecule has 2 heterocycles. The number of carbonyl (C=O) groups is 1. The zero-order valence-electron chi connectivity index (χ0n) is 10.6. The van der Waals surface area contributed by atoms with Gasteiger partial charge < -0.3 is 5.32 Å². The van der Waals surface area contributed by atoms with Crippen molar-refractivity contribution in [2.24, 2.45) is 0 Å². The molecule has 9 heteroatoms. The van der Waals surface area contributed by atoms with E-state index in [1.54, 1.807) is 11.6 Å². The smallest absolute Gasteiger partial charge is 0.248 e. The van der Waals surface area contributed by atoms with Crippen molar-refractivity contribution in [3.05, 3.63) is 40.3 Å². The predicted molar refractivity (Wildman–Crippen MR) is 81.7 cm³/mol. The fraction of sp³-hybridized carbons (Fsp3) is 0.0833. The van der Waals surface area contributed by atoms with Crippen LogP contribution in [0, 0.1) is 0 Å². The van der Waals surface area contributed by atoms with Crippen LogP contribution in [-0.4, -0.2) is 31.1 Å². The highest BCUT2D eigenvalue weighted by Crippen LogP contribution is 2.19. The molecule has 106 valence electrons. The van der Waals surface area contributed by atoms with Gasteiger partial charge in [0.25, 0.3) is 0 Å². The maximum Gasteiger partial charge on any atom is 0.248 e. The first-order valence-corrected chi connectivity index (χ1v) is 7.61. The Hall–Kier alpha value is -2.13. The third kappa shape index (κ3) is 3.31. The van der Waals surface area contributed by atoms with Crippen LogP contribution in [0.1, 0.15) is 0 Å².